The number of pyridine rings is 1. The Morgan fingerprint density at radius 3 is 2.44 bits per heavy atom. The smallest absolute Gasteiger partial charge is 0.471 e. The van der Waals surface area contributed by atoms with Crippen molar-refractivity contribution in [2.75, 3.05) is 19.7 Å². The number of aryl methyl sites for hydroxylation is 1. The third-order valence-electron chi connectivity index (χ3n) is 7.29. The lowest BCUT2D eigenvalue weighted by Gasteiger charge is -2.34. The molecule has 0 unspecified atom stereocenters. The zero-order valence-corrected chi connectivity index (χ0v) is 26.6. The number of imidazole rings is 1. The number of carbonyl (C=O) groups excluding carboxylic acids is 2. The van der Waals surface area contributed by atoms with E-state index in [2.05, 4.69) is 34.3 Å². The highest BCUT2D eigenvalue weighted by atomic mass is 28.3. The number of benzene rings is 1. The number of halogens is 4. The van der Waals surface area contributed by atoms with Crippen LogP contribution in [0.5, 0.6) is 11.6 Å². The van der Waals surface area contributed by atoms with E-state index in [4.69, 9.17) is 15.2 Å². The molecule has 2 aromatic heterocycles. The highest BCUT2D eigenvalue weighted by Gasteiger charge is 2.34. The minimum atomic E-state index is -4.82. The Morgan fingerprint density at radius 2 is 1.82 bits per heavy atom. The number of piperidine rings is 1. The van der Waals surface area contributed by atoms with Gasteiger partial charge in [0.1, 0.15) is 30.0 Å². The first-order valence-corrected chi connectivity index (χ1v) is 18.1. The summed E-state index contributed by atoms with van der Waals surface area (Å²) in [5, 5.41) is 0. The number of carbonyl (C=O) groups is 2. The molecule has 3 aromatic rings. The van der Waals surface area contributed by atoms with Crippen molar-refractivity contribution in [2.24, 2.45) is 5.73 Å². The van der Waals surface area contributed by atoms with Gasteiger partial charge in [0.2, 0.25) is 11.8 Å². The third-order valence-corrected chi connectivity index (χ3v) is 9.00. The monoisotopic (exact) mass is 651 g/mol. The highest BCUT2D eigenvalue weighted by Crippen LogP contribution is 2.29. The summed E-state index contributed by atoms with van der Waals surface area (Å²) in [5.74, 6) is -0.998. The van der Waals surface area contributed by atoms with E-state index >= 15 is 4.39 Å². The summed E-state index contributed by atoms with van der Waals surface area (Å²) in [6, 6.07) is 7.45. The van der Waals surface area contributed by atoms with Gasteiger partial charge in [-0.25, -0.2) is 14.4 Å². The molecule has 45 heavy (non-hydrogen) atoms. The molecular weight excluding hydrogens is 614 g/mol. The van der Waals surface area contributed by atoms with Crippen LogP contribution in [0.4, 0.5) is 17.6 Å². The number of nitrogens with zero attached hydrogens (tertiary/aromatic N) is 4. The second kappa shape index (κ2) is 14.0. The number of primary amides is 1. The number of likely N-dealkylation sites (tertiary alicyclic amines) is 1. The number of aromatic nitrogens is 3. The molecule has 1 aromatic carbocycles. The lowest BCUT2D eigenvalue weighted by molar-refractivity contribution is -0.274. The van der Waals surface area contributed by atoms with Gasteiger partial charge in [-0.1, -0.05) is 31.8 Å². The maximum atomic E-state index is 15.2. The van der Waals surface area contributed by atoms with Gasteiger partial charge in [-0.2, -0.15) is 0 Å². The molecule has 2 atom stereocenters. The van der Waals surface area contributed by atoms with E-state index in [9.17, 15) is 22.8 Å². The fourth-order valence-electron chi connectivity index (χ4n) is 4.74. The Labute approximate surface area is 259 Å². The van der Waals surface area contributed by atoms with E-state index in [-0.39, 0.29) is 44.1 Å². The van der Waals surface area contributed by atoms with Crippen LogP contribution in [-0.2, 0) is 22.7 Å². The van der Waals surface area contributed by atoms with Crippen molar-refractivity contribution in [1.82, 2.24) is 19.4 Å². The number of nitrogens with two attached hydrogens (primary N) is 1. The van der Waals surface area contributed by atoms with Crippen molar-refractivity contribution in [3.05, 3.63) is 59.7 Å². The summed E-state index contributed by atoms with van der Waals surface area (Å²) in [4.78, 5) is 35.2. The van der Waals surface area contributed by atoms with Crippen molar-refractivity contribution < 1.29 is 41.4 Å². The van der Waals surface area contributed by atoms with Gasteiger partial charge in [-0.3, -0.25) is 9.59 Å². The van der Waals surface area contributed by atoms with E-state index in [0.717, 1.165) is 18.2 Å². The van der Waals surface area contributed by atoms with Crippen molar-refractivity contribution in [3.63, 3.8) is 0 Å². The van der Waals surface area contributed by atoms with Crippen LogP contribution in [0.15, 0.2) is 42.7 Å². The van der Waals surface area contributed by atoms with Crippen LogP contribution >= 0.6 is 0 Å². The predicted octanol–water partition coefficient (Wildman–Crippen LogP) is 5.12. The fraction of sp³-hybridized carbons (Fsp3) is 0.467. The topological polar surface area (TPSA) is 122 Å². The molecule has 10 nitrogen and oxygen atoms in total. The average Bonchev–Trinajstić information content (AvgIpc) is 3.31. The van der Waals surface area contributed by atoms with E-state index in [1.807, 2.05) is 11.5 Å². The summed E-state index contributed by atoms with van der Waals surface area (Å²) < 4.78 is 69.8. The summed E-state index contributed by atoms with van der Waals surface area (Å²) >= 11 is 0. The number of amides is 2. The highest BCUT2D eigenvalue weighted by molar-refractivity contribution is 6.76. The van der Waals surface area contributed by atoms with Crippen molar-refractivity contribution in [3.8, 4) is 22.9 Å². The molecule has 2 N–H and O–H groups in total. The second-order valence-electron chi connectivity index (χ2n) is 12.1. The lowest BCUT2D eigenvalue weighted by Crippen LogP contribution is -2.49. The molecule has 1 aliphatic heterocycles. The van der Waals surface area contributed by atoms with Crippen LogP contribution in [-0.4, -0.2) is 77.7 Å². The number of hydrogen-bond donors (Lipinski definition) is 1. The van der Waals surface area contributed by atoms with Crippen LogP contribution in [0.25, 0.3) is 11.3 Å². The van der Waals surface area contributed by atoms with Gasteiger partial charge in [-0.05, 0) is 36.7 Å². The molecule has 1 aliphatic rings. The van der Waals surface area contributed by atoms with Crippen LogP contribution < -0.4 is 15.2 Å². The molecular formula is C30H37F4N5O5Si. The van der Waals surface area contributed by atoms with Crippen molar-refractivity contribution in [1.29, 1.82) is 0 Å². The molecule has 0 radical (unpaired) electrons. The average molecular weight is 652 g/mol. The van der Waals surface area contributed by atoms with Crippen LogP contribution in [0.3, 0.4) is 0 Å². The first-order chi connectivity index (χ1) is 21.1. The summed E-state index contributed by atoms with van der Waals surface area (Å²) in [6.07, 6.45) is -4.27. The van der Waals surface area contributed by atoms with Gasteiger partial charge < -0.3 is 29.4 Å². The molecule has 1 saturated heterocycles. The normalized spacial score (nSPS) is 17.3. The summed E-state index contributed by atoms with van der Waals surface area (Å²) in [6.45, 7) is 9.44. The van der Waals surface area contributed by atoms with Gasteiger partial charge in [0.15, 0.2) is 6.17 Å². The zero-order chi connectivity index (χ0) is 32.9. The quantitative estimate of drug-likeness (QED) is 0.164. The van der Waals surface area contributed by atoms with Gasteiger partial charge >= 0.3 is 6.36 Å². The Bertz CT molecular complexity index is 1490. The predicted molar refractivity (Wildman–Crippen MR) is 160 cm³/mol. The second-order valence-corrected chi connectivity index (χ2v) is 17.7. The minimum Gasteiger partial charge on any atom is -0.471 e. The standard InChI is InChI=1S/C30H37F4N5O5Si/c1-19-36-16-25(39(19)18-42-11-12-45(2,3)4)21-14-23(28(35)41)29(37-15-21)43-26-9-10-38(17-24(26)31)27(40)13-20-5-7-22(8-6-20)44-30(32,33)34/h5-8,14-16,24,26H,9-13,17-18H2,1-4H3,(H2,35,41)/t24-,26-/m0/s1. The van der Waals surface area contributed by atoms with Crippen LogP contribution in [0.1, 0.15) is 28.2 Å². The van der Waals surface area contributed by atoms with Crippen LogP contribution in [0, 0.1) is 6.92 Å². The van der Waals surface area contributed by atoms with Gasteiger partial charge in [0.05, 0.1) is 24.9 Å². The zero-order valence-electron chi connectivity index (χ0n) is 25.6. The summed E-state index contributed by atoms with van der Waals surface area (Å²) in [7, 11) is -1.26. The molecule has 244 valence electrons. The maximum absolute atomic E-state index is 15.2. The molecule has 0 aliphatic carbocycles. The van der Waals surface area contributed by atoms with Gasteiger partial charge in [0, 0.05) is 39.4 Å². The van der Waals surface area contributed by atoms with E-state index < -0.39 is 44.3 Å². The first-order valence-electron chi connectivity index (χ1n) is 14.4. The number of ether oxygens (including phenoxy) is 3. The molecule has 0 saturated carbocycles. The summed E-state index contributed by atoms with van der Waals surface area (Å²) in [5.41, 5.74) is 7.29. The number of rotatable bonds is 12. The Hall–Kier alpha value is -3.98. The van der Waals surface area contributed by atoms with E-state index in [1.54, 1.807) is 6.20 Å². The third kappa shape index (κ3) is 9.50. The molecule has 2 amide bonds. The van der Waals surface area contributed by atoms with Crippen LogP contribution in [0.2, 0.25) is 25.7 Å². The largest absolute Gasteiger partial charge is 0.573 e. The molecule has 3 heterocycles. The van der Waals surface area contributed by atoms with Crippen molar-refractivity contribution >= 4 is 19.9 Å². The SMILES string of the molecule is Cc1ncc(-c2cnc(O[C@H]3CCN(C(=O)Cc4ccc(OC(F)(F)F)cc4)C[C@@H]3F)c(C(N)=O)c2)n1COCC[Si](C)(C)C. The number of hydrogen-bond acceptors (Lipinski definition) is 7. The maximum Gasteiger partial charge on any atom is 0.573 e. The van der Waals surface area contributed by atoms with Gasteiger partial charge in [0.25, 0.3) is 5.91 Å². The molecule has 0 spiro atoms. The molecule has 1 fully saturated rings. The van der Waals surface area contributed by atoms with Gasteiger partial charge in [-0.15, -0.1) is 13.2 Å². The first kappa shape index (κ1) is 33.9. The number of alkyl halides is 4. The molecule has 4 rings (SSSR count). The fourth-order valence-corrected chi connectivity index (χ4v) is 5.50. The molecule has 15 heteroatoms. The van der Waals surface area contributed by atoms with E-state index in [1.165, 1.54) is 29.3 Å². The lowest BCUT2D eigenvalue weighted by atomic mass is 10.0. The minimum absolute atomic E-state index is 0.0267. The van der Waals surface area contributed by atoms with Crippen molar-refractivity contribution in [2.45, 2.75) is 70.8 Å². The Balaban J connectivity index is 1.38. The van der Waals surface area contributed by atoms with E-state index in [0.29, 0.717) is 29.3 Å². The Morgan fingerprint density at radius 1 is 1.11 bits per heavy atom. The Kier molecular flexibility index (Phi) is 10.5. The molecule has 0 bridgehead atoms.